The third-order valence-corrected chi connectivity index (χ3v) is 4.49. The zero-order valence-corrected chi connectivity index (χ0v) is 14.6. The summed E-state index contributed by atoms with van der Waals surface area (Å²) in [6.45, 7) is 4.52. The molecule has 0 aromatic carbocycles. The number of aromatic nitrogens is 2. The number of furan rings is 1. The van der Waals surface area contributed by atoms with Crippen molar-refractivity contribution < 1.29 is 18.7 Å². The molecule has 1 amide bonds. The van der Waals surface area contributed by atoms with Crippen molar-refractivity contribution >= 4 is 23.0 Å². The number of fused-ring (bicyclic) bond motifs is 1. The van der Waals surface area contributed by atoms with E-state index in [2.05, 4.69) is 4.98 Å². The molecule has 0 spiro atoms. The highest BCUT2D eigenvalue weighted by molar-refractivity contribution is 6.06. The van der Waals surface area contributed by atoms with E-state index in [0.717, 1.165) is 0 Å². The lowest BCUT2D eigenvalue weighted by Crippen LogP contribution is -2.43. The lowest BCUT2D eigenvalue weighted by Gasteiger charge is -2.31. The van der Waals surface area contributed by atoms with Crippen LogP contribution in [-0.2, 0) is 16.6 Å². The molecular formula is C17H21N3O5. The first-order valence-corrected chi connectivity index (χ1v) is 8.34. The van der Waals surface area contributed by atoms with Gasteiger partial charge < -0.3 is 18.6 Å². The average Bonchev–Trinajstić information content (AvgIpc) is 2.94. The van der Waals surface area contributed by atoms with E-state index in [1.807, 2.05) is 0 Å². The molecular weight excluding hydrogens is 326 g/mol. The highest BCUT2D eigenvalue weighted by Gasteiger charge is 2.32. The molecule has 0 saturated carbocycles. The monoisotopic (exact) mass is 347 g/mol. The van der Waals surface area contributed by atoms with E-state index in [0.29, 0.717) is 31.8 Å². The molecule has 1 fully saturated rings. The smallest absolute Gasteiger partial charge is 0.310 e. The summed E-state index contributed by atoms with van der Waals surface area (Å²) in [6, 6.07) is 0. The molecule has 0 radical (unpaired) electrons. The van der Waals surface area contributed by atoms with E-state index in [9.17, 15) is 14.4 Å². The lowest BCUT2D eigenvalue weighted by molar-refractivity contribution is -0.149. The molecule has 3 rings (SSSR count). The van der Waals surface area contributed by atoms with Gasteiger partial charge in [-0.1, -0.05) is 0 Å². The van der Waals surface area contributed by atoms with E-state index < -0.39 is 0 Å². The van der Waals surface area contributed by atoms with Crippen molar-refractivity contribution in [3.05, 3.63) is 28.0 Å². The van der Waals surface area contributed by atoms with Gasteiger partial charge in [0.2, 0.25) is 5.71 Å². The van der Waals surface area contributed by atoms with Gasteiger partial charge in [0.15, 0.2) is 0 Å². The molecule has 1 aliphatic heterocycles. The Morgan fingerprint density at radius 1 is 1.44 bits per heavy atom. The van der Waals surface area contributed by atoms with Gasteiger partial charge in [0.1, 0.15) is 17.5 Å². The molecule has 1 unspecified atom stereocenters. The van der Waals surface area contributed by atoms with Gasteiger partial charge in [0.25, 0.3) is 11.5 Å². The number of hydrogen-bond donors (Lipinski definition) is 0. The first kappa shape index (κ1) is 17.2. The second-order valence-corrected chi connectivity index (χ2v) is 6.22. The largest absolute Gasteiger partial charge is 0.466 e. The zero-order chi connectivity index (χ0) is 18.1. The van der Waals surface area contributed by atoms with E-state index in [-0.39, 0.29) is 46.6 Å². The molecule has 0 bridgehead atoms. The number of rotatable bonds is 3. The number of likely N-dealkylation sites (tertiary alicyclic amines) is 1. The fourth-order valence-corrected chi connectivity index (χ4v) is 3.22. The molecule has 8 heteroatoms. The Labute approximate surface area is 144 Å². The van der Waals surface area contributed by atoms with E-state index in [4.69, 9.17) is 9.15 Å². The fourth-order valence-electron chi connectivity index (χ4n) is 3.22. The van der Waals surface area contributed by atoms with E-state index >= 15 is 0 Å². The molecule has 0 aliphatic carbocycles. The molecule has 1 atom stereocenters. The molecule has 8 nitrogen and oxygen atoms in total. The van der Waals surface area contributed by atoms with Crippen LogP contribution in [0.1, 0.15) is 35.9 Å². The van der Waals surface area contributed by atoms with Crippen LogP contribution in [0, 0.1) is 12.8 Å². The van der Waals surface area contributed by atoms with Crippen LogP contribution in [-0.4, -0.2) is 46.0 Å². The SMILES string of the molecule is CCOC(=O)C1CCCN(C(=O)c2c(C)oc3ncn(C)c(=O)c23)C1. The molecule has 2 aromatic heterocycles. The van der Waals surface area contributed by atoms with Crippen LogP contribution in [0.15, 0.2) is 15.5 Å². The van der Waals surface area contributed by atoms with Crippen LogP contribution in [0.25, 0.3) is 11.1 Å². The minimum atomic E-state index is -0.336. The quantitative estimate of drug-likeness (QED) is 0.776. The molecule has 1 saturated heterocycles. The predicted molar refractivity (Wildman–Crippen MR) is 89.2 cm³/mol. The Kier molecular flexibility index (Phi) is 4.61. The summed E-state index contributed by atoms with van der Waals surface area (Å²) >= 11 is 0. The van der Waals surface area contributed by atoms with Gasteiger partial charge in [-0.3, -0.25) is 14.4 Å². The Bertz CT molecular complexity index is 882. The van der Waals surface area contributed by atoms with Crippen LogP contribution in [0.2, 0.25) is 0 Å². The lowest BCUT2D eigenvalue weighted by atomic mass is 9.97. The number of aryl methyl sites for hydroxylation is 2. The summed E-state index contributed by atoms with van der Waals surface area (Å²) in [5, 5.41) is 0.186. The number of hydrogen-bond acceptors (Lipinski definition) is 6. The summed E-state index contributed by atoms with van der Waals surface area (Å²) < 4.78 is 11.9. The van der Waals surface area contributed by atoms with E-state index in [1.54, 1.807) is 25.8 Å². The second-order valence-electron chi connectivity index (χ2n) is 6.22. The third-order valence-electron chi connectivity index (χ3n) is 4.49. The Morgan fingerprint density at radius 3 is 2.92 bits per heavy atom. The minimum absolute atomic E-state index is 0.155. The van der Waals surface area contributed by atoms with Gasteiger partial charge in [-0.05, 0) is 26.7 Å². The van der Waals surface area contributed by atoms with Crippen LogP contribution in [0.3, 0.4) is 0 Å². The topological polar surface area (TPSA) is 94.6 Å². The van der Waals surface area contributed by atoms with Gasteiger partial charge in [-0.15, -0.1) is 0 Å². The highest BCUT2D eigenvalue weighted by atomic mass is 16.5. The van der Waals surface area contributed by atoms with Crippen molar-refractivity contribution in [1.29, 1.82) is 0 Å². The third kappa shape index (κ3) is 3.04. The van der Waals surface area contributed by atoms with Gasteiger partial charge in [0, 0.05) is 20.1 Å². The Hall–Kier alpha value is -2.64. The minimum Gasteiger partial charge on any atom is -0.466 e. The maximum absolute atomic E-state index is 13.0. The van der Waals surface area contributed by atoms with Crippen LogP contribution < -0.4 is 5.56 Å². The summed E-state index contributed by atoms with van der Waals surface area (Å²) in [5.74, 6) is -0.576. The molecule has 2 aromatic rings. The first-order valence-electron chi connectivity index (χ1n) is 8.34. The summed E-state index contributed by atoms with van der Waals surface area (Å²) in [6.07, 6.45) is 2.76. The van der Waals surface area contributed by atoms with E-state index in [1.165, 1.54) is 10.9 Å². The van der Waals surface area contributed by atoms with Gasteiger partial charge in [-0.2, -0.15) is 0 Å². The average molecular weight is 347 g/mol. The fraction of sp³-hybridized carbons (Fsp3) is 0.529. The second kappa shape index (κ2) is 6.70. The van der Waals surface area contributed by atoms with Crippen molar-refractivity contribution in [1.82, 2.24) is 14.5 Å². The number of carbonyl (C=O) groups is 2. The number of nitrogens with zero attached hydrogens (tertiary/aromatic N) is 3. The predicted octanol–water partition coefficient (Wildman–Crippen LogP) is 1.25. The molecule has 3 heterocycles. The number of piperidine rings is 1. The number of carbonyl (C=O) groups excluding carboxylic acids is 2. The van der Waals surface area contributed by atoms with Crippen molar-refractivity contribution in [2.75, 3.05) is 19.7 Å². The van der Waals surface area contributed by atoms with Gasteiger partial charge in [-0.25, -0.2) is 4.98 Å². The maximum atomic E-state index is 13.0. The standard InChI is InChI=1S/C17H21N3O5/c1-4-24-17(23)11-6-5-7-20(8-11)16(22)12-10(2)25-14-13(12)15(21)19(3)9-18-14/h9,11H,4-8H2,1-3H3. The number of ether oxygens (including phenoxy) is 1. The zero-order valence-electron chi connectivity index (χ0n) is 14.6. The molecule has 134 valence electrons. The van der Waals surface area contributed by atoms with Crippen LogP contribution >= 0.6 is 0 Å². The maximum Gasteiger partial charge on any atom is 0.310 e. The summed E-state index contributed by atoms with van der Waals surface area (Å²) in [4.78, 5) is 43.1. The summed E-state index contributed by atoms with van der Waals surface area (Å²) in [7, 11) is 1.57. The highest BCUT2D eigenvalue weighted by Crippen LogP contribution is 2.25. The molecule has 0 N–H and O–H groups in total. The van der Waals surface area contributed by atoms with Crippen molar-refractivity contribution in [3.8, 4) is 0 Å². The van der Waals surface area contributed by atoms with Crippen LogP contribution in [0.4, 0.5) is 0 Å². The van der Waals surface area contributed by atoms with Crippen molar-refractivity contribution in [2.24, 2.45) is 13.0 Å². The number of amides is 1. The van der Waals surface area contributed by atoms with Gasteiger partial charge >= 0.3 is 5.97 Å². The van der Waals surface area contributed by atoms with Gasteiger partial charge in [0.05, 0.1) is 18.1 Å². The van der Waals surface area contributed by atoms with Crippen molar-refractivity contribution in [3.63, 3.8) is 0 Å². The first-order chi connectivity index (χ1) is 11.9. The normalized spacial score (nSPS) is 17.7. The molecule has 25 heavy (non-hydrogen) atoms. The van der Waals surface area contributed by atoms with Crippen molar-refractivity contribution in [2.45, 2.75) is 26.7 Å². The van der Waals surface area contributed by atoms with Crippen LogP contribution in [0.5, 0.6) is 0 Å². The Morgan fingerprint density at radius 2 is 2.20 bits per heavy atom. The number of esters is 1. The summed E-state index contributed by atoms with van der Waals surface area (Å²) in [5.41, 5.74) is 0.0558. The molecule has 1 aliphatic rings. The Balaban J connectivity index is 1.94.